The number of benzene rings is 1. The van der Waals surface area contributed by atoms with Gasteiger partial charge in [0.2, 0.25) is 0 Å². The molecule has 0 atom stereocenters. The predicted molar refractivity (Wildman–Crippen MR) is 62.8 cm³/mol. The highest BCUT2D eigenvalue weighted by molar-refractivity contribution is 5.93. The van der Waals surface area contributed by atoms with E-state index in [1.165, 1.54) is 0 Å². The van der Waals surface area contributed by atoms with Crippen LogP contribution in [0, 0.1) is 6.92 Å². The first-order chi connectivity index (χ1) is 7.70. The summed E-state index contributed by atoms with van der Waals surface area (Å²) in [5.41, 5.74) is 1.38. The maximum Gasteiger partial charge on any atom is 0.341 e. The third kappa shape index (κ3) is 2.86. The fourth-order valence-electron chi connectivity index (χ4n) is 1.40. The largest absolute Gasteiger partial charge is 0.496 e. The fourth-order valence-corrected chi connectivity index (χ4v) is 1.40. The number of rotatable bonds is 5. The second-order valence-electron chi connectivity index (χ2n) is 3.37. The monoisotopic (exact) mass is 220 g/mol. The summed E-state index contributed by atoms with van der Waals surface area (Å²) in [5, 5.41) is 0. The van der Waals surface area contributed by atoms with E-state index in [0.717, 1.165) is 5.56 Å². The van der Waals surface area contributed by atoms with Crippen LogP contribution < -0.4 is 4.74 Å². The van der Waals surface area contributed by atoms with Crippen molar-refractivity contribution in [3.8, 4) is 5.75 Å². The minimum Gasteiger partial charge on any atom is -0.496 e. The standard InChI is InChI=1S/C13H16O3/c1-4-5-9-16-13(14)11-8-6-7-10(2)12(11)15-3/h4,6-8H,1,5,9H2,2-3H3. The van der Waals surface area contributed by atoms with Crippen molar-refractivity contribution in [3.63, 3.8) is 0 Å². The zero-order valence-electron chi connectivity index (χ0n) is 9.66. The summed E-state index contributed by atoms with van der Waals surface area (Å²) < 4.78 is 10.3. The summed E-state index contributed by atoms with van der Waals surface area (Å²) in [6, 6.07) is 5.39. The van der Waals surface area contributed by atoms with Gasteiger partial charge in [-0.25, -0.2) is 4.79 Å². The summed E-state index contributed by atoms with van der Waals surface area (Å²) in [6.07, 6.45) is 2.36. The lowest BCUT2D eigenvalue weighted by atomic mass is 10.1. The summed E-state index contributed by atoms with van der Waals surface area (Å²) in [4.78, 5) is 11.7. The van der Waals surface area contributed by atoms with Crippen molar-refractivity contribution in [3.05, 3.63) is 42.0 Å². The van der Waals surface area contributed by atoms with E-state index in [0.29, 0.717) is 24.3 Å². The van der Waals surface area contributed by atoms with Crippen LogP contribution in [0.25, 0.3) is 0 Å². The minimum atomic E-state index is -0.359. The Hall–Kier alpha value is -1.77. The normalized spacial score (nSPS) is 9.62. The van der Waals surface area contributed by atoms with Crippen LogP contribution in [0.3, 0.4) is 0 Å². The first-order valence-electron chi connectivity index (χ1n) is 5.12. The topological polar surface area (TPSA) is 35.5 Å². The van der Waals surface area contributed by atoms with E-state index in [-0.39, 0.29) is 5.97 Å². The summed E-state index contributed by atoms with van der Waals surface area (Å²) in [7, 11) is 1.54. The van der Waals surface area contributed by atoms with Crippen LogP contribution in [-0.4, -0.2) is 19.7 Å². The SMILES string of the molecule is C=CCCOC(=O)c1cccc(C)c1OC. The molecular formula is C13H16O3. The molecule has 0 radical (unpaired) electrons. The molecular weight excluding hydrogens is 204 g/mol. The molecule has 0 aliphatic carbocycles. The molecule has 16 heavy (non-hydrogen) atoms. The Bertz CT molecular complexity index is 383. The smallest absolute Gasteiger partial charge is 0.341 e. The highest BCUT2D eigenvalue weighted by Gasteiger charge is 2.14. The van der Waals surface area contributed by atoms with Gasteiger partial charge in [-0.2, -0.15) is 0 Å². The fraction of sp³-hybridized carbons (Fsp3) is 0.308. The van der Waals surface area contributed by atoms with E-state index in [1.54, 1.807) is 19.3 Å². The molecule has 0 heterocycles. The lowest BCUT2D eigenvalue weighted by molar-refractivity contribution is 0.0508. The molecule has 0 aromatic heterocycles. The third-order valence-electron chi connectivity index (χ3n) is 2.19. The van der Waals surface area contributed by atoms with Gasteiger partial charge in [0.25, 0.3) is 0 Å². The number of hydrogen-bond donors (Lipinski definition) is 0. The highest BCUT2D eigenvalue weighted by atomic mass is 16.5. The van der Waals surface area contributed by atoms with Crippen molar-refractivity contribution in [1.29, 1.82) is 0 Å². The Balaban J connectivity index is 2.82. The Morgan fingerprint density at radius 2 is 2.25 bits per heavy atom. The molecule has 1 rings (SSSR count). The molecule has 3 nitrogen and oxygen atoms in total. The zero-order valence-corrected chi connectivity index (χ0v) is 9.66. The highest BCUT2D eigenvalue weighted by Crippen LogP contribution is 2.23. The molecule has 1 aromatic carbocycles. The summed E-state index contributed by atoms with van der Waals surface area (Å²) >= 11 is 0. The summed E-state index contributed by atoms with van der Waals surface area (Å²) in [5.74, 6) is 0.216. The number of methoxy groups -OCH3 is 1. The lowest BCUT2D eigenvalue weighted by Crippen LogP contribution is -2.08. The van der Waals surface area contributed by atoms with Gasteiger partial charge in [0.1, 0.15) is 11.3 Å². The van der Waals surface area contributed by atoms with Crippen molar-refractivity contribution in [2.24, 2.45) is 0 Å². The van der Waals surface area contributed by atoms with Crippen LogP contribution in [-0.2, 0) is 4.74 Å². The number of carbonyl (C=O) groups is 1. The van der Waals surface area contributed by atoms with Crippen molar-refractivity contribution >= 4 is 5.97 Å². The Morgan fingerprint density at radius 1 is 1.50 bits per heavy atom. The molecule has 1 aromatic rings. The van der Waals surface area contributed by atoms with Crippen molar-refractivity contribution in [1.82, 2.24) is 0 Å². The first kappa shape index (κ1) is 12.3. The number of aryl methyl sites for hydroxylation is 1. The van der Waals surface area contributed by atoms with E-state index in [2.05, 4.69) is 6.58 Å². The van der Waals surface area contributed by atoms with Gasteiger partial charge in [0.15, 0.2) is 0 Å². The van der Waals surface area contributed by atoms with Crippen LogP contribution in [0.4, 0.5) is 0 Å². The van der Waals surface area contributed by atoms with Crippen molar-refractivity contribution < 1.29 is 14.3 Å². The number of carbonyl (C=O) groups excluding carboxylic acids is 1. The third-order valence-corrected chi connectivity index (χ3v) is 2.19. The van der Waals surface area contributed by atoms with E-state index in [4.69, 9.17) is 9.47 Å². The van der Waals surface area contributed by atoms with E-state index in [1.807, 2.05) is 19.1 Å². The van der Waals surface area contributed by atoms with Crippen LogP contribution in [0.1, 0.15) is 22.3 Å². The number of ether oxygens (including phenoxy) is 2. The molecule has 0 spiro atoms. The molecule has 0 saturated heterocycles. The second-order valence-corrected chi connectivity index (χ2v) is 3.37. The average molecular weight is 220 g/mol. The average Bonchev–Trinajstić information content (AvgIpc) is 2.29. The molecule has 0 amide bonds. The Kier molecular flexibility index (Phi) is 4.58. The van der Waals surface area contributed by atoms with Gasteiger partial charge >= 0.3 is 5.97 Å². The van der Waals surface area contributed by atoms with Crippen LogP contribution in [0.2, 0.25) is 0 Å². The molecule has 3 heteroatoms. The quantitative estimate of drug-likeness (QED) is 0.435. The van der Waals surface area contributed by atoms with E-state index < -0.39 is 0 Å². The zero-order chi connectivity index (χ0) is 12.0. The molecule has 0 N–H and O–H groups in total. The van der Waals surface area contributed by atoms with E-state index >= 15 is 0 Å². The van der Waals surface area contributed by atoms with Gasteiger partial charge in [-0.3, -0.25) is 0 Å². The van der Waals surface area contributed by atoms with Gasteiger partial charge < -0.3 is 9.47 Å². The molecule has 0 aliphatic rings. The van der Waals surface area contributed by atoms with Crippen LogP contribution in [0.15, 0.2) is 30.9 Å². The molecule has 86 valence electrons. The van der Waals surface area contributed by atoms with Crippen molar-refractivity contribution in [2.45, 2.75) is 13.3 Å². The predicted octanol–water partition coefficient (Wildman–Crippen LogP) is 2.74. The Morgan fingerprint density at radius 3 is 2.88 bits per heavy atom. The molecule has 0 saturated carbocycles. The van der Waals surface area contributed by atoms with Crippen molar-refractivity contribution in [2.75, 3.05) is 13.7 Å². The molecule has 0 fully saturated rings. The maximum atomic E-state index is 11.7. The van der Waals surface area contributed by atoms with Gasteiger partial charge in [-0.05, 0) is 25.0 Å². The second kappa shape index (κ2) is 5.95. The van der Waals surface area contributed by atoms with Crippen LogP contribution >= 0.6 is 0 Å². The first-order valence-corrected chi connectivity index (χ1v) is 5.12. The minimum absolute atomic E-state index is 0.347. The Labute approximate surface area is 95.7 Å². The molecule has 0 unspecified atom stereocenters. The number of para-hydroxylation sites is 1. The van der Waals surface area contributed by atoms with Gasteiger partial charge in [0.05, 0.1) is 13.7 Å². The summed E-state index contributed by atoms with van der Waals surface area (Å²) in [6.45, 7) is 5.80. The number of hydrogen-bond acceptors (Lipinski definition) is 3. The van der Waals surface area contributed by atoms with Crippen LogP contribution in [0.5, 0.6) is 5.75 Å². The van der Waals surface area contributed by atoms with Gasteiger partial charge in [0, 0.05) is 0 Å². The molecule has 0 bridgehead atoms. The van der Waals surface area contributed by atoms with Gasteiger partial charge in [-0.15, -0.1) is 6.58 Å². The lowest BCUT2D eigenvalue weighted by Gasteiger charge is -2.10. The van der Waals surface area contributed by atoms with E-state index in [9.17, 15) is 4.79 Å². The number of esters is 1. The maximum absolute atomic E-state index is 11.7. The molecule has 0 aliphatic heterocycles. The van der Waals surface area contributed by atoms with Gasteiger partial charge in [-0.1, -0.05) is 18.2 Å².